The van der Waals surface area contributed by atoms with Gasteiger partial charge in [0, 0.05) is 26.2 Å². The molecule has 3 radical (unpaired) electrons. The summed E-state index contributed by atoms with van der Waals surface area (Å²) in [6.45, 7) is 0. The van der Waals surface area contributed by atoms with Crippen LogP contribution in [0.3, 0.4) is 0 Å². The smallest absolute Gasteiger partial charge is 0.115 e. The summed E-state index contributed by atoms with van der Waals surface area (Å²) < 4.78 is 3.88. The maximum Gasteiger partial charge on any atom is 0.115 e. The predicted molar refractivity (Wildman–Crippen MR) is 31.9 cm³/mol. The third kappa shape index (κ3) is 23.3. The minimum absolute atomic E-state index is 0. The van der Waals surface area contributed by atoms with Crippen molar-refractivity contribution in [2.75, 3.05) is 0 Å². The van der Waals surface area contributed by atoms with Crippen molar-refractivity contribution in [3.05, 3.63) is 0 Å². The fourth-order valence-corrected chi connectivity index (χ4v) is 0. The summed E-state index contributed by atoms with van der Waals surface area (Å²) in [5.41, 5.74) is 0. The molecule has 0 aliphatic rings. The first kappa shape index (κ1) is 15.7. The van der Waals surface area contributed by atoms with Gasteiger partial charge >= 0.3 is 0 Å². The summed E-state index contributed by atoms with van der Waals surface area (Å²) in [4.78, 5) is 0. The van der Waals surface area contributed by atoms with Crippen LogP contribution in [0.15, 0.2) is 0 Å². The molecule has 0 saturated carbocycles. The second-order valence-corrected chi connectivity index (χ2v) is 1.57. The first-order valence-electron chi connectivity index (χ1n) is 0.309. The Labute approximate surface area is 73.3 Å². The van der Waals surface area contributed by atoms with Gasteiger partial charge in [0.05, 0.1) is 0 Å². The molecule has 0 rings (SSSR count). The molecule has 0 bridgehead atoms. The van der Waals surface area contributed by atoms with E-state index in [4.69, 9.17) is 0 Å². The zero-order valence-corrected chi connectivity index (χ0v) is 9.49. The van der Waals surface area contributed by atoms with Crippen LogP contribution in [-0.2, 0) is 2.92 Å². The van der Waals surface area contributed by atoms with E-state index in [1.54, 1.807) is 0 Å². The van der Waals surface area contributed by atoms with Crippen LogP contribution in [0.25, 0.3) is 0 Å². The van der Waals surface area contributed by atoms with Gasteiger partial charge < -0.3 is 0 Å². The third-order valence-electron chi connectivity index (χ3n) is 0. The summed E-state index contributed by atoms with van der Waals surface area (Å²) in [5, 5.41) is 0. The van der Waals surface area contributed by atoms with Gasteiger partial charge in [-0.1, -0.05) is 0 Å². The molecule has 0 aromatic carbocycles. The van der Waals surface area contributed by atoms with Crippen molar-refractivity contribution >= 4 is 71.1 Å². The Hall–Kier alpha value is 2.09. The molecular weight excluding hydrogens is 420 g/mol. The molecule has 0 amide bonds. The average Bonchev–Trinajstić information content (AvgIpc) is 0.918. The molecule has 33 valence electrons. The monoisotopic (exact) mass is 419 g/mol. The van der Waals surface area contributed by atoms with Crippen LogP contribution < -0.4 is 0 Å². The summed E-state index contributed by atoms with van der Waals surface area (Å²) in [7, 11) is 0. The summed E-state index contributed by atoms with van der Waals surface area (Å²) in [5.74, 6) is 0. The van der Waals surface area contributed by atoms with Crippen molar-refractivity contribution < 1.29 is 2.92 Å². The van der Waals surface area contributed by atoms with Gasteiger partial charge in [0.2, 0.25) is 0 Å². The zero-order valence-electron chi connectivity index (χ0n) is 2.02. The van der Waals surface area contributed by atoms with Gasteiger partial charge in [-0.15, -0.1) is 12.4 Å². The van der Waals surface area contributed by atoms with E-state index < -0.39 is 0 Å². The van der Waals surface area contributed by atoms with Gasteiger partial charge in [-0.25, -0.2) is 2.92 Å². The van der Waals surface area contributed by atoms with Gasteiger partial charge in [-0.2, -0.15) is 0 Å². The van der Waals surface area contributed by atoms with Gasteiger partial charge in [0.15, 0.2) is 0 Å². The van der Waals surface area contributed by atoms with E-state index in [-0.39, 0.29) is 38.6 Å². The van der Waals surface area contributed by atoms with Crippen LogP contribution in [0, 0.1) is 0 Å². The minimum atomic E-state index is 0. The normalized spacial score (nSPS) is 3.60. The molecule has 0 saturated heterocycles. The van der Waals surface area contributed by atoms with E-state index in [2.05, 4.69) is 35.4 Å². The fraction of sp³-hybridized carbons (Fsp3) is 0. The van der Waals surface area contributed by atoms with Crippen molar-refractivity contribution in [1.82, 2.24) is 0 Å². The van der Waals surface area contributed by atoms with E-state index in [1.807, 2.05) is 0 Å². The number of hydrogen-bond acceptors (Lipinski definition) is 1. The van der Waals surface area contributed by atoms with Gasteiger partial charge in [0.25, 0.3) is 0 Å². The molecule has 0 unspecified atom stereocenters. The van der Waals surface area contributed by atoms with Gasteiger partial charge in [-0.3, -0.25) is 0 Å². The number of rotatable bonds is 0. The van der Waals surface area contributed by atoms with E-state index in [9.17, 15) is 0 Å². The van der Waals surface area contributed by atoms with Crippen molar-refractivity contribution in [3.63, 3.8) is 0 Å². The van der Waals surface area contributed by atoms with Crippen LogP contribution in [0.5, 0.6) is 0 Å². The quantitative estimate of drug-likeness (QED) is 0.541. The third-order valence-corrected chi connectivity index (χ3v) is 0. The topological polar surface area (TPSA) is 9.23 Å². The fourth-order valence-electron chi connectivity index (χ4n) is 0. The second-order valence-electron chi connectivity index (χ2n) is 0.0583. The van der Waals surface area contributed by atoms with E-state index >= 15 is 0 Å². The van der Waals surface area contributed by atoms with Crippen molar-refractivity contribution in [1.29, 1.82) is 0 Å². The van der Waals surface area contributed by atoms with Gasteiger partial charge in [0.1, 0.15) is 32.5 Å². The van der Waals surface area contributed by atoms with Crippen molar-refractivity contribution in [3.8, 4) is 0 Å². The minimum Gasteiger partial charge on any atom is -0.230 e. The molecule has 0 heterocycles. The number of hydrogen-bond donors (Lipinski definition) is 0. The molecule has 0 aliphatic heterocycles. The van der Waals surface area contributed by atoms with Gasteiger partial charge in [-0.05, 0) is 0 Å². The SMILES string of the molecule is BrOBr.Cl.[Bi]. The Morgan fingerprint density at radius 2 is 1.20 bits per heavy atom. The first-order valence-corrected chi connectivity index (χ1v) is 1.60. The summed E-state index contributed by atoms with van der Waals surface area (Å²) in [6, 6.07) is 0. The van der Waals surface area contributed by atoms with Crippen molar-refractivity contribution in [2.45, 2.75) is 0 Å². The molecule has 0 atom stereocenters. The summed E-state index contributed by atoms with van der Waals surface area (Å²) in [6.07, 6.45) is 0. The van der Waals surface area contributed by atoms with Crippen LogP contribution in [0.2, 0.25) is 0 Å². The molecular formula is HBiBr2ClO. The predicted octanol–water partition coefficient (Wildman–Crippen LogP) is 1.66. The molecule has 0 aromatic heterocycles. The van der Waals surface area contributed by atoms with E-state index in [1.165, 1.54) is 0 Å². The Morgan fingerprint density at radius 1 is 1.20 bits per heavy atom. The largest absolute Gasteiger partial charge is 0.230 e. The average molecular weight is 421 g/mol. The van der Waals surface area contributed by atoms with Crippen molar-refractivity contribution in [2.24, 2.45) is 0 Å². The molecule has 5 heteroatoms. The van der Waals surface area contributed by atoms with E-state index in [0.29, 0.717) is 0 Å². The Morgan fingerprint density at radius 3 is 1.20 bits per heavy atom. The Balaban J connectivity index is -0.0000000200. The van der Waals surface area contributed by atoms with Crippen LogP contribution in [0.4, 0.5) is 0 Å². The Kier molecular flexibility index (Phi) is 51.9. The molecule has 0 N–H and O–H groups in total. The molecule has 0 spiro atoms. The molecule has 1 nitrogen and oxygen atoms in total. The molecule has 0 fully saturated rings. The second kappa shape index (κ2) is 16.5. The van der Waals surface area contributed by atoms with E-state index in [0.717, 1.165) is 0 Å². The molecule has 0 aliphatic carbocycles. The standard InChI is InChI=1S/Bi.Br2O.ClH/c;1-3-2;/h;;1H. The van der Waals surface area contributed by atoms with Crippen LogP contribution in [0.1, 0.15) is 0 Å². The maximum absolute atomic E-state index is 3.88. The molecule has 0 aromatic rings. The van der Waals surface area contributed by atoms with Crippen LogP contribution in [-0.4, -0.2) is 26.2 Å². The van der Waals surface area contributed by atoms with Crippen LogP contribution >= 0.6 is 44.9 Å². The Bertz CT molecular complexity index is 9.61. The maximum atomic E-state index is 3.88. The number of halogens is 3. The molecule has 5 heavy (non-hydrogen) atoms. The first-order chi connectivity index (χ1) is 1.41. The summed E-state index contributed by atoms with van der Waals surface area (Å²) >= 11 is 5.12. The zero-order chi connectivity index (χ0) is 2.71.